The number of rotatable bonds is 3. The van der Waals surface area contributed by atoms with Crippen molar-refractivity contribution in [2.24, 2.45) is 11.7 Å². The van der Waals surface area contributed by atoms with E-state index in [0.717, 1.165) is 25.9 Å². The summed E-state index contributed by atoms with van der Waals surface area (Å²) in [5, 5.41) is 3.03. The highest BCUT2D eigenvalue weighted by Crippen LogP contribution is 2.09. The van der Waals surface area contributed by atoms with Gasteiger partial charge in [0, 0.05) is 6.04 Å². The van der Waals surface area contributed by atoms with Crippen LogP contribution in [0, 0.1) is 5.92 Å². The number of likely N-dealkylation sites (tertiary alicyclic amines) is 1. The number of nitrogens with zero attached hydrogens (tertiary/aromatic N) is 1. The van der Waals surface area contributed by atoms with Crippen LogP contribution in [-0.2, 0) is 4.79 Å². The lowest BCUT2D eigenvalue weighted by Crippen LogP contribution is -2.50. The summed E-state index contributed by atoms with van der Waals surface area (Å²) in [5.41, 5.74) is 5.78. The number of hydrogen-bond donors (Lipinski definition) is 2. The van der Waals surface area contributed by atoms with Crippen LogP contribution in [0.15, 0.2) is 0 Å². The summed E-state index contributed by atoms with van der Waals surface area (Å²) in [4.78, 5) is 14.0. The molecule has 1 fully saturated rings. The number of nitrogens with two attached hydrogens (primary N) is 1. The zero-order valence-corrected chi connectivity index (χ0v) is 11.2. The molecule has 4 nitrogen and oxygen atoms in total. The van der Waals surface area contributed by atoms with Gasteiger partial charge in [-0.25, -0.2) is 0 Å². The van der Waals surface area contributed by atoms with Gasteiger partial charge in [0.05, 0.1) is 6.04 Å². The normalized spacial score (nSPS) is 20.3. The average Bonchev–Trinajstić information content (AvgIpc) is 2.20. The van der Waals surface area contributed by atoms with Crippen LogP contribution in [0.5, 0.6) is 0 Å². The fourth-order valence-corrected chi connectivity index (χ4v) is 1.75. The van der Waals surface area contributed by atoms with E-state index in [0.29, 0.717) is 6.04 Å². The maximum absolute atomic E-state index is 11.7. The number of piperidine rings is 1. The number of hydrogen-bond acceptors (Lipinski definition) is 3. The minimum atomic E-state index is -0.371. The highest BCUT2D eigenvalue weighted by Gasteiger charge is 2.22. The Hall–Kier alpha value is -0.320. The van der Waals surface area contributed by atoms with Crippen molar-refractivity contribution in [3.8, 4) is 0 Å². The van der Waals surface area contributed by atoms with E-state index in [1.54, 1.807) is 0 Å². The van der Waals surface area contributed by atoms with Gasteiger partial charge in [-0.2, -0.15) is 0 Å². The van der Waals surface area contributed by atoms with Gasteiger partial charge in [0.1, 0.15) is 0 Å². The maximum Gasteiger partial charge on any atom is 0.237 e. The molecule has 1 rings (SSSR count). The van der Waals surface area contributed by atoms with Crippen molar-refractivity contribution in [3.63, 3.8) is 0 Å². The summed E-state index contributed by atoms with van der Waals surface area (Å²) in [6.45, 7) is 6.06. The zero-order chi connectivity index (χ0) is 11.4. The van der Waals surface area contributed by atoms with E-state index in [9.17, 15) is 4.79 Å². The lowest BCUT2D eigenvalue weighted by atomic mass is 10.0. The van der Waals surface area contributed by atoms with E-state index in [2.05, 4.69) is 17.3 Å². The number of carbonyl (C=O) groups is 1. The number of halogens is 1. The SMILES string of the molecule is CC(C)[C@H](N)C(=O)NC1CCN(C)CC1.Cl. The van der Waals surface area contributed by atoms with Gasteiger partial charge in [0.25, 0.3) is 0 Å². The topological polar surface area (TPSA) is 58.4 Å². The summed E-state index contributed by atoms with van der Waals surface area (Å²) in [5.74, 6) is 0.204. The molecule has 0 spiro atoms. The number of carbonyl (C=O) groups excluding carboxylic acids is 1. The average molecular weight is 250 g/mol. The first kappa shape index (κ1) is 15.7. The van der Waals surface area contributed by atoms with Gasteiger partial charge in [-0.05, 0) is 38.9 Å². The Kier molecular flexibility index (Phi) is 6.95. The Balaban J connectivity index is 0.00000225. The first-order valence-corrected chi connectivity index (χ1v) is 5.75. The third-order valence-electron chi connectivity index (χ3n) is 3.09. The minimum absolute atomic E-state index is 0. The molecule has 0 unspecified atom stereocenters. The monoisotopic (exact) mass is 249 g/mol. The van der Waals surface area contributed by atoms with Crippen LogP contribution in [0.2, 0.25) is 0 Å². The van der Waals surface area contributed by atoms with Gasteiger partial charge in [0.2, 0.25) is 5.91 Å². The molecule has 0 aromatic carbocycles. The molecule has 0 aliphatic carbocycles. The van der Waals surface area contributed by atoms with E-state index in [-0.39, 0.29) is 30.3 Å². The molecular weight excluding hydrogens is 226 g/mol. The standard InChI is InChI=1S/C11H23N3O.ClH/c1-8(2)10(12)11(15)13-9-4-6-14(3)7-5-9;/h8-10H,4-7,12H2,1-3H3,(H,13,15);1H/t10-;/m0./s1. The fraction of sp³-hybridized carbons (Fsp3) is 0.909. The van der Waals surface area contributed by atoms with E-state index < -0.39 is 0 Å². The second kappa shape index (κ2) is 7.09. The van der Waals surface area contributed by atoms with Crippen molar-refractivity contribution in [2.45, 2.75) is 38.8 Å². The van der Waals surface area contributed by atoms with E-state index in [1.165, 1.54) is 0 Å². The Morgan fingerprint density at radius 1 is 1.38 bits per heavy atom. The fourth-order valence-electron chi connectivity index (χ4n) is 1.75. The van der Waals surface area contributed by atoms with Crippen LogP contribution in [0.3, 0.4) is 0 Å². The van der Waals surface area contributed by atoms with Crippen molar-refractivity contribution < 1.29 is 4.79 Å². The van der Waals surface area contributed by atoms with Gasteiger partial charge in [-0.15, -0.1) is 12.4 Å². The molecule has 1 saturated heterocycles. The first-order valence-electron chi connectivity index (χ1n) is 5.75. The molecule has 0 saturated carbocycles. The lowest BCUT2D eigenvalue weighted by molar-refractivity contribution is -0.124. The summed E-state index contributed by atoms with van der Waals surface area (Å²) < 4.78 is 0. The van der Waals surface area contributed by atoms with E-state index >= 15 is 0 Å². The molecule has 1 heterocycles. The Labute approximate surface area is 104 Å². The second-order valence-corrected chi connectivity index (χ2v) is 4.86. The van der Waals surface area contributed by atoms with Crippen molar-refractivity contribution in [1.29, 1.82) is 0 Å². The maximum atomic E-state index is 11.7. The van der Waals surface area contributed by atoms with Gasteiger partial charge in [-0.1, -0.05) is 13.8 Å². The van der Waals surface area contributed by atoms with Crippen LogP contribution >= 0.6 is 12.4 Å². The molecule has 3 N–H and O–H groups in total. The molecule has 1 amide bonds. The molecule has 0 bridgehead atoms. The van der Waals surface area contributed by atoms with Crippen LogP contribution in [0.25, 0.3) is 0 Å². The van der Waals surface area contributed by atoms with Crippen LogP contribution in [0.4, 0.5) is 0 Å². The van der Waals surface area contributed by atoms with Crippen molar-refractivity contribution >= 4 is 18.3 Å². The molecule has 1 atom stereocenters. The van der Waals surface area contributed by atoms with Crippen LogP contribution in [-0.4, -0.2) is 43.0 Å². The van der Waals surface area contributed by atoms with Crippen LogP contribution < -0.4 is 11.1 Å². The summed E-state index contributed by atoms with van der Waals surface area (Å²) >= 11 is 0. The summed E-state index contributed by atoms with van der Waals surface area (Å²) in [6.07, 6.45) is 2.07. The van der Waals surface area contributed by atoms with E-state index in [4.69, 9.17) is 5.73 Å². The Bertz CT molecular complexity index is 215. The van der Waals surface area contributed by atoms with Crippen molar-refractivity contribution in [3.05, 3.63) is 0 Å². The smallest absolute Gasteiger partial charge is 0.237 e. The van der Waals surface area contributed by atoms with Gasteiger partial charge >= 0.3 is 0 Å². The third-order valence-corrected chi connectivity index (χ3v) is 3.09. The van der Waals surface area contributed by atoms with E-state index in [1.807, 2.05) is 13.8 Å². The molecule has 16 heavy (non-hydrogen) atoms. The molecular formula is C11H24ClN3O. The third kappa shape index (κ3) is 4.68. The minimum Gasteiger partial charge on any atom is -0.352 e. The Morgan fingerprint density at radius 2 is 1.88 bits per heavy atom. The highest BCUT2D eigenvalue weighted by molar-refractivity contribution is 5.85. The van der Waals surface area contributed by atoms with Gasteiger partial charge < -0.3 is 16.0 Å². The molecule has 96 valence electrons. The Morgan fingerprint density at radius 3 is 2.31 bits per heavy atom. The molecule has 1 aliphatic heterocycles. The number of amides is 1. The molecule has 5 heteroatoms. The summed E-state index contributed by atoms with van der Waals surface area (Å²) in [6, 6.07) is -0.0526. The molecule has 0 radical (unpaired) electrons. The molecule has 0 aromatic rings. The first-order chi connectivity index (χ1) is 7.00. The predicted molar refractivity (Wildman–Crippen MR) is 68.7 cm³/mol. The second-order valence-electron chi connectivity index (χ2n) is 4.86. The van der Waals surface area contributed by atoms with Gasteiger partial charge in [-0.3, -0.25) is 4.79 Å². The van der Waals surface area contributed by atoms with Crippen LogP contribution in [0.1, 0.15) is 26.7 Å². The lowest BCUT2D eigenvalue weighted by Gasteiger charge is -2.30. The predicted octanol–water partition coefficient (Wildman–Crippen LogP) is 0.602. The van der Waals surface area contributed by atoms with Crippen molar-refractivity contribution in [1.82, 2.24) is 10.2 Å². The quantitative estimate of drug-likeness (QED) is 0.770. The largest absolute Gasteiger partial charge is 0.352 e. The highest BCUT2D eigenvalue weighted by atomic mass is 35.5. The summed E-state index contributed by atoms with van der Waals surface area (Å²) in [7, 11) is 2.11. The van der Waals surface area contributed by atoms with Gasteiger partial charge in [0.15, 0.2) is 0 Å². The molecule has 1 aliphatic rings. The molecule has 0 aromatic heterocycles. The van der Waals surface area contributed by atoms with Crippen molar-refractivity contribution in [2.75, 3.05) is 20.1 Å². The zero-order valence-electron chi connectivity index (χ0n) is 10.4. The number of nitrogens with one attached hydrogen (secondary N) is 1.